The van der Waals surface area contributed by atoms with Crippen molar-refractivity contribution in [2.75, 3.05) is 19.8 Å². The van der Waals surface area contributed by atoms with Gasteiger partial charge >= 0.3 is 29.8 Å². The number of rotatable bonds is 24. The molecule has 0 saturated carbocycles. The van der Waals surface area contributed by atoms with E-state index in [-0.39, 0.29) is 11.1 Å². The number of fused-ring (bicyclic) bond motifs is 2. The van der Waals surface area contributed by atoms with Gasteiger partial charge in [-0.05, 0) is 60.7 Å². The van der Waals surface area contributed by atoms with Crippen molar-refractivity contribution in [2.24, 2.45) is 60.8 Å². The second kappa shape index (κ2) is 37.9. The van der Waals surface area contributed by atoms with E-state index in [9.17, 15) is 111 Å². The van der Waals surface area contributed by atoms with Crippen LogP contribution in [0.15, 0.2) is 140 Å². The molecule has 0 aliphatic carbocycles. The Morgan fingerprint density at radius 2 is 1.10 bits per heavy atom. The third-order valence-electron chi connectivity index (χ3n) is 16.1. The number of cyclic esters (lactones) is 1. The highest BCUT2D eigenvalue weighted by atomic mass is 16.6. The van der Waals surface area contributed by atoms with Crippen LogP contribution in [0.2, 0.25) is 0 Å². The predicted molar refractivity (Wildman–Crippen MR) is 380 cm³/mol. The number of phenolic OH excluding ortho intramolecular Hbond substituents is 1. The number of esters is 1. The molecule has 106 heavy (non-hydrogen) atoms. The van der Waals surface area contributed by atoms with E-state index >= 15 is 4.79 Å². The second-order valence-corrected chi connectivity index (χ2v) is 24.1. The summed E-state index contributed by atoms with van der Waals surface area (Å²) in [6.07, 6.45) is -8.19. The monoisotopic (exact) mass is 1480 g/mol. The summed E-state index contributed by atoms with van der Waals surface area (Å²) >= 11 is 0. The number of aliphatic hydroxyl groups is 13. The Labute approximate surface area is 599 Å². The number of aliphatic imine (C=N–C) groups is 11. The van der Waals surface area contributed by atoms with E-state index in [2.05, 4.69) is 69.7 Å². The van der Waals surface area contributed by atoms with Gasteiger partial charge < -0.3 is 116 Å². The normalized spacial score (nSPS) is 24.7. The highest BCUT2D eigenvalue weighted by molar-refractivity contribution is 5.98. The summed E-state index contributed by atoms with van der Waals surface area (Å²) in [6.45, 7) is -0.324. The molecule has 1 fully saturated rings. The lowest BCUT2D eigenvalue weighted by Crippen LogP contribution is -2.41. The van der Waals surface area contributed by atoms with Gasteiger partial charge in [-0.2, -0.15) is 0 Å². The molecule has 0 bridgehead atoms. The molecular weight excluding hydrogens is 1400 g/mol. The number of aliphatic hydroxyl groups excluding tert-OH is 13. The SMILES string of the molecule is CCCC1OC1C(O)=N[C@@H](CO)C(O)=N[C@@H]1C(O)=N[C@H](Cc2c[nH]c3ccccc23)C(O)=N[C@@H](CC(=O)O)C(O)=N[C@@H](CC(=O)O)C(O)=N[C@H](c2ccc(O)cc2)C(O)=N[C@@H](CC(=O)O)C(O)=NCC(O)=N[C@H]([C@H](O)CON)C(O)=N[C@@H](CCC(=O)O)C(O)=NC(Cc2c[nH]c3ccccc23)C(=O)O[C@@H]1C. The summed E-state index contributed by atoms with van der Waals surface area (Å²) in [7, 11) is 0. The number of nitrogens with zero attached hydrogens (tertiary/aromatic N) is 11. The van der Waals surface area contributed by atoms with Gasteiger partial charge in [0.2, 0.25) is 64.9 Å². The van der Waals surface area contributed by atoms with Crippen LogP contribution in [-0.2, 0) is 51.1 Å². The number of aromatic amines is 2. The Balaban J connectivity index is 1.52. The molecule has 570 valence electrons. The number of aliphatic carboxylic acids is 4. The second-order valence-electron chi connectivity index (χ2n) is 24.1. The number of carbonyl (C=O) groups is 5. The van der Waals surface area contributed by atoms with Crippen LogP contribution in [-0.4, -0.2) is 295 Å². The van der Waals surface area contributed by atoms with E-state index in [0.29, 0.717) is 40.2 Å². The lowest BCUT2D eigenvalue weighted by atomic mass is 10.0. The molecule has 5 aromatic rings. The number of hydrogen-bond acceptors (Lipinski definition) is 23. The number of aromatic nitrogens is 2. The van der Waals surface area contributed by atoms with Gasteiger partial charge in [-0.3, -0.25) is 19.2 Å². The molecule has 0 spiro atoms. The van der Waals surface area contributed by atoms with Gasteiger partial charge in [0.15, 0.2) is 36.3 Å². The standard InChI is InChI=1S/C66H80N14O26/c1-3-8-46-55(106-46)65(102)77-44(27-81)61(98)79-52-29(2)105-66(103)43(20-32-25-69-37-12-7-5-10-35(32)37)76-57(94)38(17-18-48(85)86)71-64(101)54(45(83)28-104-67)78-47(84)26-70-56(93)40(21-49(87)88)75-63(100)53(30-13-15-33(82)16-14-30)80-60(97)42(23-51(91)92)73-59(96)41(22-50(89)90)72-58(95)39(74-62(52)99)19-31-24-68-36-11-6-4-9-34(31)36/h4-7,9-16,24-25,29,38-46,52-55,68-69,81-83H,3,8,17-23,26-28,67H2,1-2H3,(H,70,93)(H,71,101)(H,72,95)(H,73,96)(H,74,99)(H,75,100)(H,76,94)(H,77,102)(H,78,84)(H,79,98)(H,80,97)(H,85,86)(H,87,88)(H,89,90)(H,91,92)/t29-,38+,39-,40+,41+,42+,43?,44+,45-,46?,52+,53-,54-,55?/m1/s1. The topological polar surface area (TPSA) is 674 Å². The smallest absolute Gasteiger partial charge is 0.331 e. The number of aromatic hydroxyl groups is 1. The van der Waals surface area contributed by atoms with E-state index in [1.54, 1.807) is 48.5 Å². The van der Waals surface area contributed by atoms with Gasteiger partial charge in [-0.15, -0.1) is 0 Å². The third kappa shape index (κ3) is 22.9. The van der Waals surface area contributed by atoms with Crippen LogP contribution in [0.1, 0.15) is 81.5 Å². The first-order valence-corrected chi connectivity index (χ1v) is 32.5. The molecule has 1 saturated heterocycles. The van der Waals surface area contributed by atoms with Crippen molar-refractivity contribution in [1.29, 1.82) is 0 Å². The van der Waals surface area contributed by atoms with Gasteiger partial charge in [0, 0.05) is 53.5 Å². The predicted octanol–water partition coefficient (Wildman–Crippen LogP) is 3.77. The summed E-state index contributed by atoms with van der Waals surface area (Å²) < 4.78 is 11.4. The minimum Gasteiger partial charge on any atom is -0.508 e. The zero-order chi connectivity index (χ0) is 77.6. The fraction of sp³-hybridized carbons (Fsp3) is 0.424. The highest BCUT2D eigenvalue weighted by Gasteiger charge is 2.44. The summed E-state index contributed by atoms with van der Waals surface area (Å²) in [4.78, 5) is 119. The van der Waals surface area contributed by atoms with Crippen LogP contribution in [0.5, 0.6) is 5.75 Å². The van der Waals surface area contributed by atoms with Crippen LogP contribution in [0, 0.1) is 0 Å². The molecule has 0 amide bonds. The number of epoxide rings is 1. The first-order chi connectivity index (χ1) is 50.4. The van der Waals surface area contributed by atoms with Gasteiger partial charge in [-0.25, -0.2) is 65.6 Å². The summed E-state index contributed by atoms with van der Waals surface area (Å²) in [5, 5.41) is 202. The lowest BCUT2D eigenvalue weighted by Gasteiger charge is -2.24. The molecular formula is C66H80N14O26. The zero-order valence-corrected chi connectivity index (χ0v) is 56.5. The number of carboxylic acid groups (broad SMARTS) is 4. The van der Waals surface area contributed by atoms with E-state index in [0.717, 1.165) is 31.2 Å². The van der Waals surface area contributed by atoms with E-state index in [4.69, 9.17) is 15.4 Å². The molecule has 2 aromatic heterocycles. The van der Waals surface area contributed by atoms with Crippen LogP contribution < -0.4 is 5.90 Å². The molecule has 4 heterocycles. The number of H-pyrrole nitrogens is 2. The van der Waals surface area contributed by atoms with Gasteiger partial charge in [-0.1, -0.05) is 61.9 Å². The quantitative estimate of drug-likeness (QED) is 0.0137. The number of ether oxygens (including phenoxy) is 2. The molecule has 22 N–H and O–H groups in total. The Morgan fingerprint density at radius 1 is 0.604 bits per heavy atom. The number of carbonyl (C=O) groups excluding carboxylic acids is 1. The average molecular weight is 1490 g/mol. The van der Waals surface area contributed by atoms with Crippen molar-refractivity contribution in [1.82, 2.24) is 9.97 Å². The molecule has 40 heteroatoms. The van der Waals surface area contributed by atoms with Crippen molar-refractivity contribution >= 4 is 117 Å². The summed E-state index contributed by atoms with van der Waals surface area (Å²) in [6, 6.07) is -3.94. The molecule has 2 aliphatic rings. The van der Waals surface area contributed by atoms with Gasteiger partial charge in [0.05, 0.1) is 38.6 Å². The minimum absolute atomic E-state index is 0.239. The first kappa shape index (κ1) is 81.2. The number of benzene rings is 3. The molecule has 3 aromatic carbocycles. The van der Waals surface area contributed by atoms with Crippen LogP contribution in [0.3, 0.4) is 0 Å². The van der Waals surface area contributed by atoms with Crippen LogP contribution in [0.4, 0.5) is 0 Å². The van der Waals surface area contributed by atoms with Crippen molar-refractivity contribution in [2.45, 2.75) is 156 Å². The average Bonchev–Trinajstić information content (AvgIpc) is 1.51. The molecule has 3 unspecified atom stereocenters. The number of hydrogen-bond donors (Lipinski definition) is 21. The maximum Gasteiger partial charge on any atom is 0.331 e. The largest absolute Gasteiger partial charge is 0.508 e. The number of phenols is 1. The summed E-state index contributed by atoms with van der Waals surface area (Å²) in [5.74, 6) is -17.1. The fourth-order valence-electron chi connectivity index (χ4n) is 10.8. The van der Waals surface area contributed by atoms with E-state index < -0.39 is 250 Å². The highest BCUT2D eigenvalue weighted by Crippen LogP contribution is 2.29. The Kier molecular flexibility index (Phi) is 29.0. The molecule has 2 aliphatic heterocycles. The maximum atomic E-state index is 15.1. The Bertz CT molecular complexity index is 4300. The van der Waals surface area contributed by atoms with Crippen molar-refractivity contribution in [3.63, 3.8) is 0 Å². The Hall–Kier alpha value is -12.1. The fourth-order valence-corrected chi connectivity index (χ4v) is 10.8. The molecule has 7 rings (SSSR count). The first-order valence-electron chi connectivity index (χ1n) is 32.5. The number of carboxylic acids is 4. The number of nitrogens with one attached hydrogen (secondary N) is 2. The van der Waals surface area contributed by atoms with Crippen molar-refractivity contribution in [3.8, 4) is 5.75 Å². The van der Waals surface area contributed by atoms with Gasteiger partial charge in [0.25, 0.3) is 0 Å². The maximum absolute atomic E-state index is 15.1. The van der Waals surface area contributed by atoms with E-state index in [1.165, 1.54) is 12.4 Å². The molecule has 0 radical (unpaired) electrons. The zero-order valence-electron chi connectivity index (χ0n) is 56.5. The van der Waals surface area contributed by atoms with Crippen molar-refractivity contribution in [3.05, 3.63) is 102 Å². The number of nitrogens with two attached hydrogens (primary N) is 1. The Morgan fingerprint density at radius 3 is 1.65 bits per heavy atom. The van der Waals surface area contributed by atoms with Crippen LogP contribution >= 0.6 is 0 Å². The molecule has 14 atom stereocenters. The van der Waals surface area contributed by atoms with E-state index in [1.807, 2.05) is 6.92 Å². The van der Waals surface area contributed by atoms with Gasteiger partial charge in [0.1, 0.15) is 54.7 Å². The van der Waals surface area contributed by atoms with Crippen molar-refractivity contribution < 1.29 is 130 Å². The van der Waals surface area contributed by atoms with Crippen LogP contribution in [0.25, 0.3) is 21.8 Å². The lowest BCUT2D eigenvalue weighted by molar-refractivity contribution is -0.150. The number of para-hydroxylation sites is 2. The minimum atomic E-state index is -2.31. The summed E-state index contributed by atoms with van der Waals surface area (Å²) in [5.41, 5.74) is 1.36. The molecule has 40 nitrogen and oxygen atoms in total. The third-order valence-corrected chi connectivity index (χ3v) is 16.1.